The highest BCUT2D eigenvalue weighted by Gasteiger charge is 2.68. The summed E-state index contributed by atoms with van der Waals surface area (Å²) in [6.07, 6.45) is 4.90. The van der Waals surface area contributed by atoms with Gasteiger partial charge in [-0.15, -0.1) is 0 Å². The molecular formula is C32H38ClN9O6S. The van der Waals surface area contributed by atoms with Crippen LogP contribution in [0.25, 0.3) is 11.2 Å². The highest BCUT2D eigenvalue weighted by Crippen LogP contribution is 2.63. The molecule has 3 N–H and O–H groups in total. The molecule has 2 aliphatic heterocycles. The third-order valence-electron chi connectivity index (χ3n) is 9.26. The lowest BCUT2D eigenvalue weighted by atomic mass is 9.96. The summed E-state index contributed by atoms with van der Waals surface area (Å²) in [6, 6.07) is 3.66. The van der Waals surface area contributed by atoms with Gasteiger partial charge in [-0.1, -0.05) is 28.5 Å². The number of aromatic nitrogens is 6. The van der Waals surface area contributed by atoms with Crippen LogP contribution in [0.15, 0.2) is 39.0 Å². The number of hydrogen-bond acceptors (Lipinski definition) is 12. The van der Waals surface area contributed by atoms with Gasteiger partial charge in [-0.25, -0.2) is 29.2 Å². The Morgan fingerprint density at radius 3 is 2.78 bits per heavy atom. The average molecular weight is 712 g/mol. The van der Waals surface area contributed by atoms with E-state index in [0.29, 0.717) is 45.8 Å². The summed E-state index contributed by atoms with van der Waals surface area (Å²) in [6.45, 7) is 9.44. The van der Waals surface area contributed by atoms with E-state index in [1.54, 1.807) is 39.2 Å². The standard InChI is InChI=1S/C32H38ClN9O6S/c1-17-13-21(40-48-17)32(16-36-29(43)44)18-9-11-41(15-19(18)32)22-14-35-25-27(37-22)42(23-7-5-6-12-46-23)39-28(25)49-20-8-10-34-26(24(20)33)38-30(45)47-31(2,3)4/h8,10,13-14,18-19,23,36H,5-7,9,11-12,15-16H2,1-4H3,(H,43,44)(H,34,38,45). The molecular weight excluding hydrogens is 674 g/mol. The molecule has 6 heterocycles. The Morgan fingerprint density at radius 1 is 1.22 bits per heavy atom. The van der Waals surface area contributed by atoms with Crippen molar-refractivity contribution < 1.29 is 28.7 Å². The quantitative estimate of drug-likeness (QED) is 0.193. The van der Waals surface area contributed by atoms with Crippen LogP contribution in [-0.2, 0) is 14.9 Å². The van der Waals surface area contributed by atoms with Gasteiger partial charge in [0.2, 0.25) is 0 Å². The maximum absolute atomic E-state index is 12.4. The summed E-state index contributed by atoms with van der Waals surface area (Å²) in [5.74, 6) is 1.99. The number of rotatable bonds is 8. The number of amides is 2. The predicted octanol–water partition coefficient (Wildman–Crippen LogP) is 6.03. The molecule has 0 spiro atoms. The minimum Gasteiger partial charge on any atom is -0.465 e. The van der Waals surface area contributed by atoms with Gasteiger partial charge in [0.25, 0.3) is 0 Å². The van der Waals surface area contributed by atoms with Gasteiger partial charge in [-0.2, -0.15) is 5.10 Å². The molecule has 1 saturated carbocycles. The van der Waals surface area contributed by atoms with E-state index in [4.69, 9.17) is 40.7 Å². The molecule has 7 rings (SSSR count). The molecule has 2 saturated heterocycles. The predicted molar refractivity (Wildman–Crippen MR) is 180 cm³/mol. The normalized spacial score (nSPS) is 23.6. The second-order valence-electron chi connectivity index (χ2n) is 13.6. The van der Waals surface area contributed by atoms with Crippen molar-refractivity contribution in [2.75, 3.05) is 36.5 Å². The molecule has 49 heavy (non-hydrogen) atoms. The summed E-state index contributed by atoms with van der Waals surface area (Å²) < 4.78 is 18.7. The van der Waals surface area contributed by atoms with Gasteiger partial charge in [-0.05, 0) is 71.3 Å². The Morgan fingerprint density at radius 2 is 2.06 bits per heavy atom. The van der Waals surface area contributed by atoms with Crippen molar-refractivity contribution >= 4 is 58.3 Å². The van der Waals surface area contributed by atoms with Crippen LogP contribution in [0.1, 0.15) is 64.1 Å². The van der Waals surface area contributed by atoms with Crippen molar-refractivity contribution in [2.24, 2.45) is 11.8 Å². The van der Waals surface area contributed by atoms with Gasteiger partial charge in [0, 0.05) is 48.8 Å². The summed E-state index contributed by atoms with van der Waals surface area (Å²) in [5, 5.41) is 24.7. The fourth-order valence-electron chi connectivity index (χ4n) is 7.03. The monoisotopic (exact) mass is 711 g/mol. The van der Waals surface area contributed by atoms with E-state index in [2.05, 4.69) is 25.7 Å². The SMILES string of the molecule is Cc1cc(C2(CNC(=O)O)C3CCN(c4cnc5c(Sc6ccnc(NC(=O)OC(C)(C)C)c6Cl)nn(C6CCCCO6)c5n4)CC32)no1. The fourth-order valence-corrected chi connectivity index (χ4v) is 8.20. The van der Waals surface area contributed by atoms with Crippen molar-refractivity contribution in [3.05, 3.63) is 41.0 Å². The zero-order chi connectivity index (χ0) is 34.5. The zero-order valence-corrected chi connectivity index (χ0v) is 29.2. The second-order valence-corrected chi connectivity index (χ2v) is 15.1. The first kappa shape index (κ1) is 33.4. The van der Waals surface area contributed by atoms with Crippen molar-refractivity contribution in [3.8, 4) is 0 Å². The van der Waals surface area contributed by atoms with E-state index < -0.39 is 23.2 Å². The van der Waals surface area contributed by atoms with Gasteiger partial charge >= 0.3 is 12.2 Å². The lowest BCUT2D eigenvalue weighted by Gasteiger charge is -2.27. The largest absolute Gasteiger partial charge is 0.465 e. The molecule has 0 radical (unpaired) electrons. The third-order valence-corrected chi connectivity index (χ3v) is 10.8. The van der Waals surface area contributed by atoms with Crippen molar-refractivity contribution in [1.82, 2.24) is 35.2 Å². The number of piperidine rings is 1. The number of carbonyl (C=O) groups excluding carboxylic acids is 1. The van der Waals surface area contributed by atoms with Crippen molar-refractivity contribution in [2.45, 2.75) is 80.5 Å². The highest BCUT2D eigenvalue weighted by molar-refractivity contribution is 7.99. The molecule has 3 aliphatic rings. The van der Waals surface area contributed by atoms with Gasteiger partial charge in [0.1, 0.15) is 22.7 Å². The fraction of sp³-hybridized carbons (Fsp3) is 0.531. The van der Waals surface area contributed by atoms with E-state index in [1.807, 2.05) is 17.7 Å². The Bertz CT molecular complexity index is 1890. The van der Waals surface area contributed by atoms with Crippen LogP contribution < -0.4 is 15.5 Å². The molecule has 260 valence electrons. The summed E-state index contributed by atoms with van der Waals surface area (Å²) in [4.78, 5) is 41.0. The van der Waals surface area contributed by atoms with E-state index >= 15 is 0 Å². The zero-order valence-electron chi connectivity index (χ0n) is 27.6. The third kappa shape index (κ3) is 6.60. The first-order valence-electron chi connectivity index (χ1n) is 16.3. The van der Waals surface area contributed by atoms with Crippen molar-refractivity contribution in [1.29, 1.82) is 0 Å². The molecule has 4 atom stereocenters. The van der Waals surface area contributed by atoms with Gasteiger partial charge in [-0.3, -0.25) is 5.32 Å². The lowest BCUT2D eigenvalue weighted by Crippen LogP contribution is -2.35. The molecule has 1 aliphatic carbocycles. The van der Waals surface area contributed by atoms with Gasteiger partial charge < -0.3 is 29.3 Å². The number of pyridine rings is 1. The van der Waals surface area contributed by atoms with Crippen LogP contribution in [0, 0.1) is 18.8 Å². The number of anilines is 2. The minimum atomic E-state index is -1.06. The van der Waals surface area contributed by atoms with Gasteiger partial charge in [0.15, 0.2) is 22.7 Å². The molecule has 0 bridgehead atoms. The Labute approximate surface area is 291 Å². The highest BCUT2D eigenvalue weighted by atomic mass is 35.5. The minimum absolute atomic E-state index is 0.158. The van der Waals surface area contributed by atoms with Crippen LogP contribution in [0.4, 0.5) is 21.2 Å². The van der Waals surface area contributed by atoms with Crippen LogP contribution in [0.3, 0.4) is 0 Å². The number of hydrogen-bond donors (Lipinski definition) is 3. The summed E-state index contributed by atoms with van der Waals surface area (Å²) in [5.41, 5.74) is 0.847. The summed E-state index contributed by atoms with van der Waals surface area (Å²) >= 11 is 8.03. The van der Waals surface area contributed by atoms with E-state index in [9.17, 15) is 14.7 Å². The number of aryl methyl sites for hydroxylation is 1. The molecule has 17 heteroatoms. The Balaban J connectivity index is 1.17. The number of nitrogens with zero attached hydrogens (tertiary/aromatic N) is 7. The number of ether oxygens (including phenoxy) is 2. The lowest BCUT2D eigenvalue weighted by molar-refractivity contribution is -0.0376. The van der Waals surface area contributed by atoms with E-state index in [-0.39, 0.29) is 35.4 Å². The molecule has 4 unspecified atom stereocenters. The maximum atomic E-state index is 12.4. The Hall–Kier alpha value is -4.15. The molecule has 0 aromatic carbocycles. The number of carboxylic acid groups (broad SMARTS) is 1. The number of nitrogens with one attached hydrogen (secondary N) is 2. The van der Waals surface area contributed by atoms with Gasteiger partial charge in [0.05, 0.1) is 16.9 Å². The van der Waals surface area contributed by atoms with E-state index in [0.717, 1.165) is 37.9 Å². The number of carbonyl (C=O) groups is 2. The topological polar surface area (TPSA) is 183 Å². The van der Waals surface area contributed by atoms with Crippen molar-refractivity contribution in [3.63, 3.8) is 0 Å². The van der Waals surface area contributed by atoms with Crippen LogP contribution in [-0.4, -0.2) is 79.0 Å². The molecule has 15 nitrogen and oxygen atoms in total. The van der Waals surface area contributed by atoms with Crippen LogP contribution >= 0.6 is 23.4 Å². The molecule has 4 aromatic rings. The maximum Gasteiger partial charge on any atom is 0.413 e. The molecule has 2 amide bonds. The molecule has 4 aromatic heterocycles. The second kappa shape index (κ2) is 12.9. The number of halogens is 1. The smallest absolute Gasteiger partial charge is 0.413 e. The number of fused-ring (bicyclic) bond motifs is 2. The van der Waals surface area contributed by atoms with Crippen LogP contribution in [0.2, 0.25) is 5.02 Å². The van der Waals surface area contributed by atoms with Crippen LogP contribution in [0.5, 0.6) is 0 Å². The molecule has 3 fully saturated rings. The first-order valence-corrected chi connectivity index (χ1v) is 17.5. The van der Waals surface area contributed by atoms with E-state index in [1.165, 1.54) is 11.8 Å². The average Bonchev–Trinajstić information content (AvgIpc) is 3.28. The first-order chi connectivity index (χ1) is 23.4. The summed E-state index contributed by atoms with van der Waals surface area (Å²) in [7, 11) is 0. The Kier molecular flexibility index (Phi) is 8.81.